The molecule has 2 aromatic carbocycles. The van der Waals surface area contributed by atoms with Gasteiger partial charge in [0, 0.05) is 12.2 Å². The average molecular weight is 425 g/mol. The molecule has 1 aliphatic rings. The Balaban J connectivity index is 1.72. The molecule has 0 bridgehead atoms. The molecule has 1 saturated heterocycles. The molecule has 0 aliphatic carbocycles. The summed E-state index contributed by atoms with van der Waals surface area (Å²) in [5, 5.41) is 2.72. The number of hydrogen-bond donors (Lipinski definition) is 1. The van der Waals surface area contributed by atoms with Crippen molar-refractivity contribution in [2.24, 2.45) is 0 Å². The summed E-state index contributed by atoms with van der Waals surface area (Å²) in [6, 6.07) is 10.5. The fraction of sp³-hybridized carbons (Fsp3) is 0.261. The molecule has 1 aliphatic heterocycles. The Kier molecular flexibility index (Phi) is 7.02. The lowest BCUT2D eigenvalue weighted by Crippen LogP contribution is -2.38. The van der Waals surface area contributed by atoms with Gasteiger partial charge in [0.1, 0.15) is 17.6 Å². The standard InChI is InChI=1S/C23H24FN3O4/c1-3-12-26-20(22(29)27(23(26)30)18-7-5-6-16(24)14-18)15-21(28)25-17-8-10-19(11-9-17)31-13-4-2/h3,5-11,14,20H,1,4,12-13,15H2,2H3,(H,25,28)/t20-/m1/s1. The van der Waals surface area contributed by atoms with Crippen molar-refractivity contribution < 1.29 is 23.5 Å². The van der Waals surface area contributed by atoms with Crippen LogP contribution in [0.5, 0.6) is 5.75 Å². The highest BCUT2D eigenvalue weighted by molar-refractivity contribution is 6.22. The fourth-order valence-electron chi connectivity index (χ4n) is 3.28. The van der Waals surface area contributed by atoms with Gasteiger partial charge in [-0.15, -0.1) is 6.58 Å². The van der Waals surface area contributed by atoms with Crippen molar-refractivity contribution in [3.8, 4) is 5.75 Å². The number of ether oxygens (including phenoxy) is 1. The van der Waals surface area contributed by atoms with Crippen LogP contribution in [0.15, 0.2) is 61.2 Å². The molecule has 0 aromatic heterocycles. The first kappa shape index (κ1) is 22.0. The summed E-state index contributed by atoms with van der Waals surface area (Å²) in [5.74, 6) is -0.889. The van der Waals surface area contributed by atoms with Crippen LogP contribution < -0.4 is 15.0 Å². The average Bonchev–Trinajstić information content (AvgIpc) is 2.97. The van der Waals surface area contributed by atoms with Gasteiger partial charge >= 0.3 is 6.03 Å². The molecule has 0 radical (unpaired) electrons. The first-order valence-corrected chi connectivity index (χ1v) is 9.98. The van der Waals surface area contributed by atoms with E-state index in [2.05, 4.69) is 11.9 Å². The van der Waals surface area contributed by atoms with Crippen LogP contribution >= 0.6 is 0 Å². The lowest BCUT2D eigenvalue weighted by molar-refractivity contribution is -0.124. The van der Waals surface area contributed by atoms with E-state index in [4.69, 9.17) is 4.74 Å². The van der Waals surface area contributed by atoms with Crippen LogP contribution in [0.4, 0.5) is 20.6 Å². The van der Waals surface area contributed by atoms with E-state index in [0.717, 1.165) is 17.4 Å². The summed E-state index contributed by atoms with van der Waals surface area (Å²) in [5.41, 5.74) is 0.664. The van der Waals surface area contributed by atoms with Crippen molar-refractivity contribution in [3.63, 3.8) is 0 Å². The lowest BCUT2D eigenvalue weighted by atomic mass is 10.1. The Morgan fingerprint density at radius 3 is 2.61 bits per heavy atom. The summed E-state index contributed by atoms with van der Waals surface area (Å²) in [6.45, 7) is 6.30. The number of nitrogens with one attached hydrogen (secondary N) is 1. The van der Waals surface area contributed by atoms with Gasteiger partial charge in [0.25, 0.3) is 5.91 Å². The van der Waals surface area contributed by atoms with Gasteiger partial charge in [-0.25, -0.2) is 14.1 Å². The predicted octanol–water partition coefficient (Wildman–Crippen LogP) is 3.97. The van der Waals surface area contributed by atoms with E-state index in [0.29, 0.717) is 18.0 Å². The largest absolute Gasteiger partial charge is 0.494 e. The highest BCUT2D eigenvalue weighted by Gasteiger charge is 2.46. The maximum absolute atomic E-state index is 13.6. The minimum Gasteiger partial charge on any atom is -0.494 e. The number of hydrogen-bond acceptors (Lipinski definition) is 4. The Morgan fingerprint density at radius 2 is 1.97 bits per heavy atom. The van der Waals surface area contributed by atoms with Crippen molar-refractivity contribution in [1.82, 2.24) is 4.90 Å². The van der Waals surface area contributed by atoms with Gasteiger partial charge in [-0.05, 0) is 48.9 Å². The molecule has 3 rings (SSSR count). The molecule has 31 heavy (non-hydrogen) atoms. The number of carbonyl (C=O) groups is 3. The second kappa shape index (κ2) is 9.88. The van der Waals surface area contributed by atoms with Gasteiger partial charge < -0.3 is 15.0 Å². The molecule has 0 spiro atoms. The molecule has 2 aromatic rings. The molecule has 1 fully saturated rings. The molecule has 1 N–H and O–H groups in total. The number of halogens is 1. The first-order valence-electron chi connectivity index (χ1n) is 9.98. The van der Waals surface area contributed by atoms with Crippen molar-refractivity contribution in [2.75, 3.05) is 23.4 Å². The van der Waals surface area contributed by atoms with Gasteiger partial charge in [0.2, 0.25) is 5.91 Å². The molecule has 162 valence electrons. The van der Waals surface area contributed by atoms with Crippen molar-refractivity contribution in [3.05, 3.63) is 67.0 Å². The molecule has 0 unspecified atom stereocenters. The third-order valence-electron chi connectivity index (χ3n) is 4.70. The van der Waals surface area contributed by atoms with Crippen molar-refractivity contribution >= 4 is 29.2 Å². The van der Waals surface area contributed by atoms with E-state index in [1.54, 1.807) is 24.3 Å². The monoisotopic (exact) mass is 425 g/mol. The number of carbonyl (C=O) groups excluding carboxylic acids is 3. The minimum atomic E-state index is -1.01. The number of nitrogens with zero attached hydrogens (tertiary/aromatic N) is 2. The maximum atomic E-state index is 13.6. The Morgan fingerprint density at radius 1 is 1.23 bits per heavy atom. The van der Waals surface area contributed by atoms with Crippen molar-refractivity contribution in [2.45, 2.75) is 25.8 Å². The molecule has 7 nitrogen and oxygen atoms in total. The van der Waals surface area contributed by atoms with E-state index in [1.165, 1.54) is 29.2 Å². The second-order valence-electron chi connectivity index (χ2n) is 7.02. The zero-order valence-corrected chi connectivity index (χ0v) is 17.2. The van der Waals surface area contributed by atoms with Crippen molar-refractivity contribution in [1.29, 1.82) is 0 Å². The zero-order valence-electron chi connectivity index (χ0n) is 17.2. The number of urea groups is 1. The van der Waals surface area contributed by atoms with Gasteiger partial charge in [-0.3, -0.25) is 9.59 Å². The molecule has 4 amide bonds. The quantitative estimate of drug-likeness (QED) is 0.487. The highest BCUT2D eigenvalue weighted by atomic mass is 19.1. The molecular formula is C23H24FN3O4. The molecular weight excluding hydrogens is 401 g/mol. The maximum Gasteiger partial charge on any atom is 0.332 e. The Bertz CT molecular complexity index is 977. The topological polar surface area (TPSA) is 79.0 Å². The molecule has 8 heteroatoms. The third kappa shape index (κ3) is 5.09. The van der Waals surface area contributed by atoms with E-state index >= 15 is 0 Å². The zero-order chi connectivity index (χ0) is 22.4. The van der Waals surface area contributed by atoms with Crippen LogP contribution in [0, 0.1) is 5.82 Å². The van der Waals surface area contributed by atoms with E-state index in [9.17, 15) is 18.8 Å². The van der Waals surface area contributed by atoms with Crippen LogP contribution in [-0.2, 0) is 9.59 Å². The van der Waals surface area contributed by atoms with Gasteiger partial charge in [-0.2, -0.15) is 0 Å². The number of anilines is 2. The van der Waals surface area contributed by atoms with Gasteiger partial charge in [-0.1, -0.05) is 19.1 Å². The predicted molar refractivity (Wildman–Crippen MR) is 115 cm³/mol. The van der Waals surface area contributed by atoms with E-state index < -0.39 is 29.7 Å². The highest BCUT2D eigenvalue weighted by Crippen LogP contribution is 2.27. The van der Waals surface area contributed by atoms with Crippen LogP contribution in [-0.4, -0.2) is 41.9 Å². The number of imide groups is 1. The molecule has 0 saturated carbocycles. The Labute approximate surface area is 180 Å². The van der Waals surface area contributed by atoms with E-state index in [-0.39, 0.29) is 18.7 Å². The molecule has 1 heterocycles. The number of amides is 4. The minimum absolute atomic E-state index is 0.0812. The van der Waals surface area contributed by atoms with E-state index in [1.807, 2.05) is 6.92 Å². The normalized spacial score (nSPS) is 15.9. The summed E-state index contributed by atoms with van der Waals surface area (Å²) >= 11 is 0. The number of rotatable bonds is 9. The van der Waals surface area contributed by atoms with Gasteiger partial charge in [0.05, 0.1) is 18.7 Å². The SMILES string of the molecule is C=CCN1C(=O)N(c2cccc(F)c2)C(=O)[C@H]1CC(=O)Nc1ccc(OCCC)cc1. The smallest absolute Gasteiger partial charge is 0.332 e. The van der Waals surface area contributed by atoms with Crippen LogP contribution in [0.2, 0.25) is 0 Å². The van der Waals surface area contributed by atoms with Crippen LogP contribution in [0.25, 0.3) is 0 Å². The molecule has 1 atom stereocenters. The summed E-state index contributed by atoms with van der Waals surface area (Å²) in [4.78, 5) is 40.5. The van der Waals surface area contributed by atoms with Gasteiger partial charge in [0.15, 0.2) is 0 Å². The third-order valence-corrected chi connectivity index (χ3v) is 4.70. The lowest BCUT2D eigenvalue weighted by Gasteiger charge is -2.19. The summed E-state index contributed by atoms with van der Waals surface area (Å²) < 4.78 is 19.1. The summed E-state index contributed by atoms with van der Waals surface area (Å²) in [7, 11) is 0. The fourth-order valence-corrected chi connectivity index (χ4v) is 3.28. The van der Waals surface area contributed by atoms with Crippen LogP contribution in [0.1, 0.15) is 19.8 Å². The Hall–Kier alpha value is -3.68. The summed E-state index contributed by atoms with van der Waals surface area (Å²) in [6.07, 6.45) is 2.12. The number of benzene rings is 2. The first-order chi connectivity index (χ1) is 14.9. The second-order valence-corrected chi connectivity index (χ2v) is 7.02. The van der Waals surface area contributed by atoms with Crippen LogP contribution in [0.3, 0.4) is 0 Å².